The molecule has 0 aromatic carbocycles. The minimum absolute atomic E-state index is 0.216. The van der Waals surface area contributed by atoms with Crippen LogP contribution in [0.15, 0.2) is 0 Å². The van der Waals surface area contributed by atoms with Crippen molar-refractivity contribution in [3.8, 4) is 0 Å². The molecule has 0 aliphatic rings. The molecule has 5 heteroatoms. The first-order valence-corrected chi connectivity index (χ1v) is 5.56. The lowest BCUT2D eigenvalue weighted by Gasteiger charge is -2.27. The van der Waals surface area contributed by atoms with E-state index in [9.17, 15) is 8.78 Å². The average molecular weight is 244 g/mol. The standard InChI is InChI=1S/C10H20ClF2NO/c1-10(2,15-3)4-6-14(7-5-11)8-9(12)13/h9H,4-8H2,1-3H3. The second-order valence-corrected chi connectivity index (χ2v) is 4.47. The van der Waals surface area contributed by atoms with Crippen molar-refractivity contribution in [1.29, 1.82) is 0 Å². The predicted octanol–water partition coefficient (Wildman–Crippen LogP) is 2.61. The van der Waals surface area contributed by atoms with Gasteiger partial charge in [-0.15, -0.1) is 11.6 Å². The summed E-state index contributed by atoms with van der Waals surface area (Å²) in [6, 6.07) is 0. The molecule has 0 N–H and O–H groups in total. The highest BCUT2D eigenvalue weighted by Gasteiger charge is 2.19. The summed E-state index contributed by atoms with van der Waals surface area (Å²) >= 11 is 5.55. The topological polar surface area (TPSA) is 12.5 Å². The maximum Gasteiger partial charge on any atom is 0.251 e. The summed E-state index contributed by atoms with van der Waals surface area (Å²) in [5, 5.41) is 0. The number of alkyl halides is 3. The lowest BCUT2D eigenvalue weighted by atomic mass is 10.1. The molecule has 0 amide bonds. The molecule has 0 atom stereocenters. The molecule has 2 nitrogen and oxygen atoms in total. The van der Waals surface area contributed by atoms with Crippen LogP contribution in [0.4, 0.5) is 8.78 Å². The van der Waals surface area contributed by atoms with E-state index in [2.05, 4.69) is 0 Å². The Kier molecular flexibility index (Phi) is 7.40. The molecule has 0 saturated heterocycles. The van der Waals surface area contributed by atoms with Crippen molar-refractivity contribution in [3.05, 3.63) is 0 Å². The van der Waals surface area contributed by atoms with Gasteiger partial charge in [0, 0.05) is 26.1 Å². The zero-order chi connectivity index (χ0) is 11.9. The van der Waals surface area contributed by atoms with Gasteiger partial charge in [0.15, 0.2) is 0 Å². The zero-order valence-corrected chi connectivity index (χ0v) is 10.4. The molecule has 0 heterocycles. The van der Waals surface area contributed by atoms with Crippen molar-refractivity contribution >= 4 is 11.6 Å². The van der Waals surface area contributed by atoms with Crippen LogP contribution in [0.3, 0.4) is 0 Å². The molecule has 0 rings (SSSR count). The zero-order valence-electron chi connectivity index (χ0n) is 9.60. The summed E-state index contributed by atoms with van der Waals surface area (Å²) in [6.07, 6.45) is -1.59. The van der Waals surface area contributed by atoms with E-state index in [0.29, 0.717) is 25.4 Å². The minimum atomic E-state index is -2.31. The SMILES string of the molecule is COC(C)(C)CCN(CCCl)CC(F)F. The molecule has 0 fully saturated rings. The van der Waals surface area contributed by atoms with E-state index < -0.39 is 6.43 Å². The average Bonchev–Trinajstić information content (AvgIpc) is 2.14. The maximum atomic E-state index is 12.2. The number of ether oxygens (including phenoxy) is 1. The minimum Gasteiger partial charge on any atom is -0.379 e. The van der Waals surface area contributed by atoms with E-state index >= 15 is 0 Å². The van der Waals surface area contributed by atoms with Crippen molar-refractivity contribution in [2.45, 2.75) is 32.3 Å². The van der Waals surface area contributed by atoms with Crippen LogP contribution in [-0.2, 0) is 4.74 Å². The summed E-state index contributed by atoms with van der Waals surface area (Å²) in [6.45, 7) is 4.73. The Bertz CT molecular complexity index is 168. The van der Waals surface area contributed by atoms with Crippen LogP contribution >= 0.6 is 11.6 Å². The van der Waals surface area contributed by atoms with E-state index in [4.69, 9.17) is 16.3 Å². The van der Waals surface area contributed by atoms with Gasteiger partial charge < -0.3 is 4.74 Å². The molecule has 92 valence electrons. The van der Waals surface area contributed by atoms with Gasteiger partial charge in [0.2, 0.25) is 0 Å². The van der Waals surface area contributed by atoms with Crippen LogP contribution in [0.1, 0.15) is 20.3 Å². The molecule has 0 unspecified atom stereocenters. The Labute approximate surface area is 95.5 Å². The van der Waals surface area contributed by atoms with Crippen LogP contribution in [0.2, 0.25) is 0 Å². The number of nitrogens with zero attached hydrogens (tertiary/aromatic N) is 1. The Balaban J connectivity index is 3.94. The van der Waals surface area contributed by atoms with E-state index in [1.165, 1.54) is 0 Å². The van der Waals surface area contributed by atoms with Gasteiger partial charge in [-0.2, -0.15) is 0 Å². The van der Waals surface area contributed by atoms with Crippen LogP contribution in [-0.4, -0.2) is 49.6 Å². The van der Waals surface area contributed by atoms with E-state index in [0.717, 1.165) is 0 Å². The lowest BCUT2D eigenvalue weighted by Crippen LogP contribution is -2.36. The Morgan fingerprint density at radius 3 is 2.33 bits per heavy atom. The first-order chi connectivity index (χ1) is 6.91. The molecule has 0 aliphatic heterocycles. The van der Waals surface area contributed by atoms with E-state index in [1.54, 1.807) is 12.0 Å². The summed E-state index contributed by atoms with van der Waals surface area (Å²) in [7, 11) is 1.62. The van der Waals surface area contributed by atoms with Gasteiger partial charge in [0.1, 0.15) is 0 Å². The number of rotatable bonds is 8. The van der Waals surface area contributed by atoms with E-state index in [-0.39, 0.29) is 12.1 Å². The van der Waals surface area contributed by atoms with Crippen LogP contribution in [0.5, 0.6) is 0 Å². The highest BCUT2D eigenvalue weighted by atomic mass is 35.5. The van der Waals surface area contributed by atoms with Gasteiger partial charge in [-0.3, -0.25) is 4.90 Å². The molecule has 0 radical (unpaired) electrons. The van der Waals surface area contributed by atoms with Crippen LogP contribution in [0, 0.1) is 0 Å². The number of hydrogen-bond donors (Lipinski definition) is 0. The third kappa shape index (κ3) is 7.94. The van der Waals surface area contributed by atoms with Gasteiger partial charge >= 0.3 is 0 Å². The second-order valence-electron chi connectivity index (χ2n) is 4.09. The highest BCUT2D eigenvalue weighted by Crippen LogP contribution is 2.14. The largest absolute Gasteiger partial charge is 0.379 e. The normalized spacial score (nSPS) is 12.8. The van der Waals surface area contributed by atoms with Crippen LogP contribution in [0.25, 0.3) is 0 Å². The summed E-state index contributed by atoms with van der Waals surface area (Å²) < 4.78 is 29.6. The van der Waals surface area contributed by atoms with Gasteiger partial charge in [-0.1, -0.05) is 0 Å². The lowest BCUT2D eigenvalue weighted by molar-refractivity contribution is 0.00234. The molecular weight excluding hydrogens is 224 g/mol. The van der Waals surface area contributed by atoms with Gasteiger partial charge in [0.25, 0.3) is 6.43 Å². The van der Waals surface area contributed by atoms with Gasteiger partial charge in [-0.05, 0) is 20.3 Å². The Morgan fingerprint density at radius 2 is 1.93 bits per heavy atom. The third-order valence-corrected chi connectivity index (χ3v) is 2.55. The number of halogens is 3. The fourth-order valence-electron chi connectivity index (χ4n) is 1.14. The maximum absolute atomic E-state index is 12.2. The Hall–Kier alpha value is 0.0700. The van der Waals surface area contributed by atoms with Gasteiger partial charge in [-0.25, -0.2) is 8.78 Å². The molecular formula is C10H20ClF2NO. The van der Waals surface area contributed by atoms with Crippen molar-refractivity contribution < 1.29 is 13.5 Å². The van der Waals surface area contributed by atoms with E-state index in [1.807, 2.05) is 13.8 Å². The summed E-state index contributed by atoms with van der Waals surface area (Å²) in [5.74, 6) is 0.375. The Morgan fingerprint density at radius 1 is 1.33 bits per heavy atom. The van der Waals surface area contributed by atoms with Crippen molar-refractivity contribution in [2.75, 3.05) is 32.6 Å². The predicted molar refractivity (Wildman–Crippen MR) is 58.9 cm³/mol. The summed E-state index contributed by atoms with van der Waals surface area (Å²) in [4.78, 5) is 1.67. The molecule has 0 saturated carbocycles. The quantitative estimate of drug-likeness (QED) is 0.608. The van der Waals surface area contributed by atoms with Gasteiger partial charge in [0.05, 0.1) is 12.1 Å². The number of methoxy groups -OCH3 is 1. The molecule has 15 heavy (non-hydrogen) atoms. The first-order valence-electron chi connectivity index (χ1n) is 5.03. The number of hydrogen-bond acceptors (Lipinski definition) is 2. The molecule has 0 aromatic heterocycles. The third-order valence-electron chi connectivity index (χ3n) is 2.38. The van der Waals surface area contributed by atoms with Crippen molar-refractivity contribution in [3.63, 3.8) is 0 Å². The van der Waals surface area contributed by atoms with Crippen LogP contribution < -0.4 is 0 Å². The molecule has 0 spiro atoms. The summed E-state index contributed by atoms with van der Waals surface area (Å²) in [5.41, 5.74) is -0.271. The monoisotopic (exact) mass is 243 g/mol. The fourth-order valence-corrected chi connectivity index (χ4v) is 1.38. The highest BCUT2D eigenvalue weighted by molar-refractivity contribution is 6.18. The molecule has 0 bridgehead atoms. The van der Waals surface area contributed by atoms with Crippen molar-refractivity contribution in [1.82, 2.24) is 4.90 Å². The fraction of sp³-hybridized carbons (Fsp3) is 1.00. The smallest absolute Gasteiger partial charge is 0.251 e. The molecule has 0 aromatic rings. The van der Waals surface area contributed by atoms with Crippen molar-refractivity contribution in [2.24, 2.45) is 0 Å². The second kappa shape index (κ2) is 7.36. The first kappa shape index (κ1) is 15.1. The molecule has 0 aliphatic carbocycles.